The van der Waals surface area contributed by atoms with E-state index >= 15 is 0 Å². The topological polar surface area (TPSA) is 45.4 Å². The normalized spacial score (nSPS) is 18.8. The van der Waals surface area contributed by atoms with Gasteiger partial charge in [0.2, 0.25) is 0 Å². The van der Waals surface area contributed by atoms with Crippen molar-refractivity contribution in [2.45, 2.75) is 19.9 Å². The molecule has 0 amide bonds. The standard InChI is InChI=1S/C14H24N4/c1-13-9-14(11-16-10-13)12-18-5-2-4-17(6-3-15)7-8-18/h9-11H,2-8,12,15H2,1H3. The van der Waals surface area contributed by atoms with Gasteiger partial charge < -0.3 is 10.6 Å². The lowest BCUT2D eigenvalue weighted by atomic mass is 10.2. The largest absolute Gasteiger partial charge is 0.329 e. The maximum absolute atomic E-state index is 5.62. The van der Waals surface area contributed by atoms with E-state index in [1.807, 2.05) is 12.4 Å². The Kier molecular flexibility index (Phi) is 5.11. The summed E-state index contributed by atoms with van der Waals surface area (Å²) in [7, 11) is 0. The van der Waals surface area contributed by atoms with E-state index in [-0.39, 0.29) is 0 Å². The summed E-state index contributed by atoms with van der Waals surface area (Å²) in [5, 5.41) is 0. The summed E-state index contributed by atoms with van der Waals surface area (Å²) in [5.41, 5.74) is 8.19. The zero-order valence-electron chi connectivity index (χ0n) is 11.3. The van der Waals surface area contributed by atoms with Gasteiger partial charge in [-0.1, -0.05) is 6.07 Å². The third-order valence-corrected chi connectivity index (χ3v) is 3.46. The molecule has 100 valence electrons. The van der Waals surface area contributed by atoms with E-state index in [0.717, 1.165) is 32.7 Å². The van der Waals surface area contributed by atoms with Gasteiger partial charge in [0.15, 0.2) is 0 Å². The highest BCUT2D eigenvalue weighted by Gasteiger charge is 2.14. The molecule has 0 atom stereocenters. The molecule has 0 aromatic carbocycles. The number of nitrogens with two attached hydrogens (primary N) is 1. The lowest BCUT2D eigenvalue weighted by Crippen LogP contribution is -2.33. The van der Waals surface area contributed by atoms with Gasteiger partial charge in [-0.15, -0.1) is 0 Å². The van der Waals surface area contributed by atoms with Gasteiger partial charge in [-0.25, -0.2) is 0 Å². The fourth-order valence-corrected chi connectivity index (χ4v) is 2.55. The van der Waals surface area contributed by atoms with Gasteiger partial charge in [0.1, 0.15) is 0 Å². The summed E-state index contributed by atoms with van der Waals surface area (Å²) in [6, 6.07) is 2.23. The molecule has 2 rings (SSSR count). The van der Waals surface area contributed by atoms with E-state index in [0.29, 0.717) is 0 Å². The molecule has 2 heterocycles. The van der Waals surface area contributed by atoms with E-state index in [9.17, 15) is 0 Å². The fourth-order valence-electron chi connectivity index (χ4n) is 2.55. The van der Waals surface area contributed by atoms with Gasteiger partial charge in [0.05, 0.1) is 0 Å². The van der Waals surface area contributed by atoms with Gasteiger partial charge in [0.25, 0.3) is 0 Å². The molecule has 1 saturated heterocycles. The molecule has 0 radical (unpaired) electrons. The first-order valence-electron chi connectivity index (χ1n) is 6.83. The first-order valence-corrected chi connectivity index (χ1v) is 6.83. The summed E-state index contributed by atoms with van der Waals surface area (Å²) < 4.78 is 0. The van der Waals surface area contributed by atoms with Crippen LogP contribution in [-0.2, 0) is 6.54 Å². The molecule has 1 aromatic rings. The Hall–Kier alpha value is -0.970. The van der Waals surface area contributed by atoms with Crippen molar-refractivity contribution in [1.82, 2.24) is 14.8 Å². The Morgan fingerprint density at radius 2 is 1.94 bits per heavy atom. The molecule has 0 bridgehead atoms. The molecule has 1 aliphatic heterocycles. The van der Waals surface area contributed by atoms with Crippen molar-refractivity contribution in [3.05, 3.63) is 29.6 Å². The molecule has 18 heavy (non-hydrogen) atoms. The number of pyridine rings is 1. The number of rotatable bonds is 4. The first-order chi connectivity index (χ1) is 8.78. The van der Waals surface area contributed by atoms with Crippen molar-refractivity contribution in [3.63, 3.8) is 0 Å². The number of nitrogens with zero attached hydrogens (tertiary/aromatic N) is 3. The Labute approximate surface area is 110 Å². The fraction of sp³-hybridized carbons (Fsp3) is 0.643. The third-order valence-electron chi connectivity index (χ3n) is 3.46. The second-order valence-electron chi connectivity index (χ2n) is 5.13. The highest BCUT2D eigenvalue weighted by molar-refractivity contribution is 5.16. The van der Waals surface area contributed by atoms with Gasteiger partial charge in [0, 0.05) is 45.1 Å². The minimum absolute atomic E-state index is 0.766. The van der Waals surface area contributed by atoms with Crippen LogP contribution < -0.4 is 5.73 Å². The van der Waals surface area contributed by atoms with E-state index in [2.05, 4.69) is 27.8 Å². The quantitative estimate of drug-likeness (QED) is 0.858. The second-order valence-corrected chi connectivity index (χ2v) is 5.13. The Bertz CT molecular complexity index is 367. The van der Waals surface area contributed by atoms with Crippen LogP contribution in [0.3, 0.4) is 0 Å². The molecule has 0 unspecified atom stereocenters. The predicted molar refractivity (Wildman–Crippen MR) is 74.4 cm³/mol. The average molecular weight is 248 g/mol. The zero-order chi connectivity index (χ0) is 12.8. The first kappa shape index (κ1) is 13.5. The smallest absolute Gasteiger partial charge is 0.0313 e. The molecule has 4 nitrogen and oxygen atoms in total. The molecule has 4 heteroatoms. The summed E-state index contributed by atoms with van der Waals surface area (Å²) in [5.74, 6) is 0. The highest BCUT2D eigenvalue weighted by atomic mass is 15.2. The van der Waals surface area contributed by atoms with E-state index in [4.69, 9.17) is 5.73 Å². The lowest BCUT2D eigenvalue weighted by molar-refractivity contribution is 0.254. The molecule has 0 aliphatic carbocycles. The van der Waals surface area contributed by atoms with Crippen molar-refractivity contribution in [3.8, 4) is 0 Å². The Morgan fingerprint density at radius 1 is 1.17 bits per heavy atom. The molecular formula is C14H24N4. The molecule has 2 N–H and O–H groups in total. The van der Waals surface area contributed by atoms with Crippen LogP contribution >= 0.6 is 0 Å². The molecule has 0 saturated carbocycles. The molecule has 1 fully saturated rings. The van der Waals surface area contributed by atoms with Crippen LogP contribution in [0.5, 0.6) is 0 Å². The van der Waals surface area contributed by atoms with E-state index in [1.165, 1.54) is 30.6 Å². The number of hydrogen-bond acceptors (Lipinski definition) is 4. The minimum atomic E-state index is 0.766. The zero-order valence-corrected chi connectivity index (χ0v) is 11.3. The Morgan fingerprint density at radius 3 is 2.72 bits per heavy atom. The minimum Gasteiger partial charge on any atom is -0.329 e. The van der Waals surface area contributed by atoms with Gasteiger partial charge in [-0.05, 0) is 37.6 Å². The average Bonchev–Trinajstić information content (AvgIpc) is 2.56. The summed E-state index contributed by atoms with van der Waals surface area (Å²) >= 11 is 0. The highest BCUT2D eigenvalue weighted by Crippen LogP contribution is 2.09. The van der Waals surface area contributed by atoms with Crippen LogP contribution in [-0.4, -0.2) is 54.1 Å². The summed E-state index contributed by atoms with van der Waals surface area (Å²) in [4.78, 5) is 9.25. The Balaban J connectivity index is 1.87. The monoisotopic (exact) mass is 248 g/mol. The third kappa shape index (κ3) is 4.05. The van der Waals surface area contributed by atoms with Crippen molar-refractivity contribution >= 4 is 0 Å². The van der Waals surface area contributed by atoms with E-state index in [1.54, 1.807) is 0 Å². The predicted octanol–water partition coefficient (Wildman–Crippen LogP) is 0.856. The van der Waals surface area contributed by atoms with Crippen LogP contribution in [0.4, 0.5) is 0 Å². The SMILES string of the molecule is Cc1cncc(CN2CCCN(CCN)CC2)c1. The molecule has 1 aromatic heterocycles. The number of hydrogen-bond donors (Lipinski definition) is 1. The maximum Gasteiger partial charge on any atom is 0.0313 e. The van der Waals surface area contributed by atoms with Crippen molar-refractivity contribution in [1.29, 1.82) is 0 Å². The molecule has 1 aliphatic rings. The second kappa shape index (κ2) is 6.83. The van der Waals surface area contributed by atoms with Crippen LogP contribution in [0, 0.1) is 6.92 Å². The van der Waals surface area contributed by atoms with Crippen molar-refractivity contribution in [2.24, 2.45) is 5.73 Å². The number of aromatic nitrogens is 1. The number of aryl methyl sites for hydroxylation is 1. The van der Waals surface area contributed by atoms with Crippen LogP contribution in [0.25, 0.3) is 0 Å². The van der Waals surface area contributed by atoms with Crippen LogP contribution in [0.1, 0.15) is 17.5 Å². The van der Waals surface area contributed by atoms with Crippen molar-refractivity contribution < 1.29 is 0 Å². The summed E-state index contributed by atoms with van der Waals surface area (Å²) in [6.07, 6.45) is 5.13. The van der Waals surface area contributed by atoms with Gasteiger partial charge >= 0.3 is 0 Å². The van der Waals surface area contributed by atoms with Gasteiger partial charge in [-0.3, -0.25) is 9.88 Å². The van der Waals surface area contributed by atoms with Crippen LogP contribution in [0.2, 0.25) is 0 Å². The van der Waals surface area contributed by atoms with Gasteiger partial charge in [-0.2, -0.15) is 0 Å². The summed E-state index contributed by atoms with van der Waals surface area (Å²) in [6.45, 7) is 9.54. The van der Waals surface area contributed by atoms with Crippen molar-refractivity contribution in [2.75, 3.05) is 39.3 Å². The molecule has 0 spiro atoms. The van der Waals surface area contributed by atoms with E-state index < -0.39 is 0 Å². The van der Waals surface area contributed by atoms with Crippen LogP contribution in [0.15, 0.2) is 18.5 Å². The molecular weight excluding hydrogens is 224 g/mol. The lowest BCUT2D eigenvalue weighted by Gasteiger charge is -2.21. The maximum atomic E-state index is 5.62.